The number of ketones is 1. The largest absolute Gasteiger partial charge is 0.459 e. The van der Waals surface area contributed by atoms with E-state index in [0.717, 1.165) is 49.1 Å². The van der Waals surface area contributed by atoms with Crippen LogP contribution in [0.3, 0.4) is 0 Å². The quantitative estimate of drug-likeness (QED) is 0.0734. The van der Waals surface area contributed by atoms with Gasteiger partial charge in [0, 0.05) is 51.4 Å². The van der Waals surface area contributed by atoms with Gasteiger partial charge in [-0.3, -0.25) is 19.5 Å². The molecular weight excluding hydrogens is 920 g/mol. The number of alkyl halides is 1. The van der Waals surface area contributed by atoms with Gasteiger partial charge in [0.15, 0.2) is 17.7 Å². The molecule has 17 atom stereocenters. The Hall–Kier alpha value is -3.29. The van der Waals surface area contributed by atoms with E-state index in [-0.39, 0.29) is 42.4 Å². The molecule has 0 aromatic heterocycles. The van der Waals surface area contributed by atoms with Crippen molar-refractivity contribution in [3.05, 3.63) is 65.6 Å². The van der Waals surface area contributed by atoms with Gasteiger partial charge in [-0.2, -0.15) is 0 Å². The Morgan fingerprint density at radius 3 is 2.47 bits per heavy atom. The zero-order chi connectivity index (χ0) is 53.2. The van der Waals surface area contributed by atoms with E-state index >= 15 is 0 Å². The predicted molar refractivity (Wildman–Crippen MR) is 279 cm³/mol. The lowest BCUT2D eigenvalue weighted by Gasteiger charge is -2.50. The summed E-state index contributed by atoms with van der Waals surface area (Å²) in [7, 11) is 5.63. The Balaban J connectivity index is 1.37. The summed E-state index contributed by atoms with van der Waals surface area (Å²) in [6.07, 6.45) is 8.15. The third kappa shape index (κ3) is 14.5. The number of aliphatic hydroxyl groups excluding tert-OH is 1. The van der Waals surface area contributed by atoms with E-state index in [1.165, 1.54) is 18.7 Å². The number of hydrogen-bond donors (Lipinski definition) is 5. The lowest BCUT2D eigenvalue weighted by atomic mass is 9.69. The van der Waals surface area contributed by atoms with E-state index in [1.807, 2.05) is 67.6 Å². The van der Waals surface area contributed by atoms with Gasteiger partial charge < -0.3 is 44.5 Å². The number of aliphatic hydroxyl groups is 2. The second-order valence-corrected chi connectivity index (χ2v) is 22.4. The van der Waals surface area contributed by atoms with Crippen molar-refractivity contribution in [3.8, 4) is 0 Å². The maximum Gasteiger partial charge on any atom is 0.309 e. The van der Waals surface area contributed by atoms with Crippen molar-refractivity contribution in [3.63, 3.8) is 0 Å². The van der Waals surface area contributed by atoms with Crippen molar-refractivity contribution >= 4 is 17.3 Å². The number of halogens is 1. The fourth-order valence-corrected chi connectivity index (χ4v) is 12.2. The van der Waals surface area contributed by atoms with E-state index in [4.69, 9.17) is 29.4 Å². The summed E-state index contributed by atoms with van der Waals surface area (Å²) in [6.45, 7) is 22.2. The number of hydrazine groups is 1. The molecule has 0 radical (unpaired) electrons. The Morgan fingerprint density at radius 2 is 1.82 bits per heavy atom. The molecule has 4 heterocycles. The van der Waals surface area contributed by atoms with Crippen molar-refractivity contribution in [1.82, 2.24) is 20.3 Å². The molecule has 2 unspecified atom stereocenters. The molecule has 0 bridgehead atoms. The minimum absolute atomic E-state index is 0.0315. The van der Waals surface area contributed by atoms with Crippen LogP contribution in [-0.2, 0) is 39.7 Å². The van der Waals surface area contributed by atoms with Crippen LogP contribution in [0.5, 0.6) is 0 Å². The number of benzene rings is 1. The minimum Gasteiger partial charge on any atom is -0.459 e. The highest BCUT2D eigenvalue weighted by Crippen LogP contribution is 2.44. The average Bonchev–Trinajstić information content (AvgIpc) is 3.83. The van der Waals surface area contributed by atoms with Gasteiger partial charge in [0.25, 0.3) is 0 Å². The van der Waals surface area contributed by atoms with E-state index in [2.05, 4.69) is 70.3 Å². The number of likely N-dealkylation sites (N-methyl/N-ethyl adjacent to an activating group) is 1. The summed E-state index contributed by atoms with van der Waals surface area (Å²) in [4.78, 5) is 33.0. The molecule has 5 rings (SSSR count). The maximum absolute atomic E-state index is 14.7. The number of cyclic esters (lactones) is 1. The second kappa shape index (κ2) is 26.5. The van der Waals surface area contributed by atoms with Crippen LogP contribution in [0.25, 0.3) is 5.57 Å². The molecule has 72 heavy (non-hydrogen) atoms. The van der Waals surface area contributed by atoms with Crippen LogP contribution in [0.15, 0.2) is 54.5 Å². The van der Waals surface area contributed by atoms with Crippen molar-refractivity contribution in [2.24, 2.45) is 35.3 Å². The van der Waals surface area contributed by atoms with Crippen LogP contribution in [0.1, 0.15) is 132 Å². The zero-order valence-electron chi connectivity index (χ0n) is 46.2. The van der Waals surface area contributed by atoms with Gasteiger partial charge in [-0.1, -0.05) is 77.4 Å². The van der Waals surface area contributed by atoms with Crippen molar-refractivity contribution in [2.75, 3.05) is 41.0 Å². The SMILES string of the molecule is CC/C(=C\C=C/N)c1cccc(CC(CF)N2C=C(CCN(C)[C@@H]3C[C@H](O[C@H]4[C@@H](C)C[C@@H](C)CN(C)[C@H](C)C(=O)[C@](C)(O)[C@@H](CC)OC(=O)[C@H](C)C([C@H]5C[C@@](C)(OC)[C@@H](O)[C@H](C)O5)[C@@H]4C)O[C@H](C)C3)[NH2+]N2)c1. The van der Waals surface area contributed by atoms with Crippen LogP contribution in [0.4, 0.5) is 4.39 Å². The summed E-state index contributed by atoms with van der Waals surface area (Å²) < 4.78 is 47.6. The fraction of sp³-hybridized carbons (Fsp3) is 0.750. The molecular formula is C56H94FN6O9+. The van der Waals surface area contributed by atoms with Gasteiger partial charge in [0.2, 0.25) is 0 Å². The summed E-state index contributed by atoms with van der Waals surface area (Å²) in [5.74, 6) is -2.40. The molecule has 7 N–H and O–H groups in total. The molecule has 3 fully saturated rings. The highest BCUT2D eigenvalue weighted by atomic mass is 19.1. The number of nitrogens with one attached hydrogen (secondary N) is 1. The number of carbonyl (C=O) groups excluding carboxylic acids is 2. The van der Waals surface area contributed by atoms with E-state index in [1.54, 1.807) is 21.0 Å². The first-order chi connectivity index (χ1) is 34.0. The lowest BCUT2D eigenvalue weighted by Crippen LogP contribution is -2.91. The molecule has 1 aromatic carbocycles. The number of hydrogen-bond acceptors (Lipinski definition) is 14. The number of quaternary nitrogens is 1. The molecule has 0 saturated carbocycles. The molecule has 1 aromatic rings. The average molecular weight is 1010 g/mol. The Morgan fingerprint density at radius 1 is 1.10 bits per heavy atom. The number of allylic oxidation sites excluding steroid dienone is 3. The van der Waals surface area contributed by atoms with E-state index in [0.29, 0.717) is 25.8 Å². The topological polar surface area (TPSA) is 185 Å². The third-order valence-electron chi connectivity index (χ3n) is 16.7. The molecule has 15 nitrogen and oxygen atoms in total. The Bertz CT molecular complexity index is 2010. The van der Waals surface area contributed by atoms with Gasteiger partial charge >= 0.3 is 5.97 Å². The Labute approximate surface area is 431 Å². The van der Waals surface area contributed by atoms with Crippen molar-refractivity contribution in [1.29, 1.82) is 0 Å². The molecule has 3 saturated heterocycles. The van der Waals surface area contributed by atoms with Crippen LogP contribution in [-0.4, -0.2) is 150 Å². The summed E-state index contributed by atoms with van der Waals surface area (Å²) in [5.41, 5.74) is 12.4. The first kappa shape index (κ1) is 59.6. The van der Waals surface area contributed by atoms with Crippen LogP contribution >= 0.6 is 0 Å². The zero-order valence-corrected chi connectivity index (χ0v) is 46.2. The lowest BCUT2D eigenvalue weighted by molar-refractivity contribution is -0.679. The molecule has 16 heteroatoms. The number of nitrogens with two attached hydrogens (primary N) is 2. The summed E-state index contributed by atoms with van der Waals surface area (Å²) in [5, 5.41) is 25.0. The number of Topliss-reactive ketones (excluding diaryl/α,β-unsaturated/α-hetero) is 1. The third-order valence-corrected chi connectivity index (χ3v) is 16.7. The summed E-state index contributed by atoms with van der Waals surface area (Å²) in [6, 6.07) is 7.44. The molecule has 0 amide bonds. The smallest absolute Gasteiger partial charge is 0.309 e. The number of methoxy groups -OCH3 is 1. The second-order valence-electron chi connectivity index (χ2n) is 22.4. The number of esters is 1. The van der Waals surface area contributed by atoms with Crippen LogP contribution < -0.4 is 16.7 Å². The number of nitrogens with zero attached hydrogens (tertiary/aromatic N) is 3. The van der Waals surface area contributed by atoms with Crippen LogP contribution in [0.2, 0.25) is 0 Å². The monoisotopic (exact) mass is 1010 g/mol. The molecule has 408 valence electrons. The van der Waals surface area contributed by atoms with Gasteiger partial charge in [0.05, 0.1) is 54.2 Å². The van der Waals surface area contributed by atoms with Crippen molar-refractivity contribution < 1.29 is 53.3 Å². The first-order valence-corrected chi connectivity index (χ1v) is 26.9. The van der Waals surface area contributed by atoms with Gasteiger partial charge in [-0.25, -0.2) is 9.82 Å². The van der Waals surface area contributed by atoms with Crippen molar-refractivity contribution in [2.45, 2.75) is 200 Å². The number of rotatable bonds is 16. The predicted octanol–water partition coefficient (Wildman–Crippen LogP) is 6.04. The highest BCUT2D eigenvalue weighted by Gasteiger charge is 2.53. The molecule has 0 spiro atoms. The highest BCUT2D eigenvalue weighted by molar-refractivity contribution is 5.92. The van der Waals surface area contributed by atoms with Gasteiger partial charge in [0.1, 0.15) is 24.6 Å². The van der Waals surface area contributed by atoms with Gasteiger partial charge in [-0.05, 0) is 128 Å². The standard InChI is InChI=1S/C56H93FN6O9/c1-15-42(21-18-23-58)43-20-17-19-41(27-43)28-46(31-57)63-33-44(59-60-63)22-24-61(12)45-26-36(5)69-49(29-45)72-51-35(4)25-34(3)32-62(13)39(8)52(64)56(11,67)48(16-2)71-54(66)38(7)50(37(51)6)47-30-55(10,68-14)53(65)40(9)70-47/h17-21,23,27,33-40,45-51,53,59-60,65,67H,15-16,22,24-26,28-32,58H2,1-14H3/p+1/b23-18-,42-21+/t34-,35+,36-,37+,38-,39-,40+,45+,46?,47-,48-,49+,50?,51+,53+,55-,56-/m1/s1. The number of ether oxygens (including phenoxy) is 5. The van der Waals surface area contributed by atoms with Crippen LogP contribution in [0, 0.1) is 29.6 Å². The number of carbonyl (C=O) groups is 2. The van der Waals surface area contributed by atoms with E-state index < -0.39 is 84.3 Å². The van der Waals surface area contributed by atoms with E-state index in [9.17, 15) is 24.2 Å². The molecule has 0 aliphatic carbocycles. The minimum atomic E-state index is -1.93. The Kier molecular flexibility index (Phi) is 21.9. The maximum atomic E-state index is 14.7. The summed E-state index contributed by atoms with van der Waals surface area (Å²) >= 11 is 0. The first-order valence-electron chi connectivity index (χ1n) is 26.9. The molecule has 4 aliphatic heterocycles. The van der Waals surface area contributed by atoms with Gasteiger partial charge in [-0.15, -0.1) is 0 Å². The normalized spacial score (nSPS) is 37.9. The fourth-order valence-electron chi connectivity index (χ4n) is 12.2. The molecule has 4 aliphatic rings.